The van der Waals surface area contributed by atoms with Gasteiger partial charge in [-0.2, -0.15) is 0 Å². The van der Waals surface area contributed by atoms with Gasteiger partial charge in [-0.25, -0.2) is 13.2 Å². The highest BCUT2D eigenvalue weighted by molar-refractivity contribution is 8.00. The smallest absolute Gasteiger partial charge is 0.313 e. The minimum atomic E-state index is -1.79. The second kappa shape index (κ2) is 8.80. The molecule has 0 bridgehead atoms. The van der Waals surface area contributed by atoms with Crippen molar-refractivity contribution >= 4 is 63.6 Å². The van der Waals surface area contributed by atoms with Crippen LogP contribution in [0.1, 0.15) is 12.6 Å². The van der Waals surface area contributed by atoms with Crippen LogP contribution < -0.4 is 0 Å². The molecule has 0 aromatic carbocycles. The number of hydrogen-bond acceptors (Lipinski definition) is 9. The van der Waals surface area contributed by atoms with Crippen molar-refractivity contribution in [2.75, 3.05) is 18.1 Å². The standard InChI is InChI=1S/C18H21N5O5S4/c1-10-15(21(3)20-19-10)30-8-18(17(26)27)7-22-14(25)13(16(22)31-9-18)23(11(2)24)32(28)12-5-4-6-29-12/h4-6,13,16H,7-9H2,1-3H3,(H,26,27)/t13?,16-,18?,32?/m1/s1. The molecule has 2 aliphatic heterocycles. The zero-order valence-electron chi connectivity index (χ0n) is 17.5. The van der Waals surface area contributed by atoms with Crippen molar-refractivity contribution in [3.63, 3.8) is 0 Å². The summed E-state index contributed by atoms with van der Waals surface area (Å²) in [5.41, 5.74) is -0.440. The van der Waals surface area contributed by atoms with E-state index in [0.717, 1.165) is 9.33 Å². The number of β-lactam (4-membered cyclic amide) rings is 1. The molecule has 2 saturated heterocycles. The number of amides is 2. The predicted octanol–water partition coefficient (Wildman–Crippen LogP) is 1.20. The number of rotatable bonds is 7. The van der Waals surface area contributed by atoms with E-state index in [2.05, 4.69) is 10.3 Å². The van der Waals surface area contributed by atoms with Gasteiger partial charge in [0, 0.05) is 32.0 Å². The second-order valence-corrected chi connectivity index (χ2v) is 12.2. The van der Waals surface area contributed by atoms with Crippen molar-refractivity contribution in [2.45, 2.75) is 34.5 Å². The summed E-state index contributed by atoms with van der Waals surface area (Å²) in [6, 6.07) is 2.52. The fourth-order valence-electron chi connectivity index (χ4n) is 3.70. The number of hydrogen-bond donors (Lipinski definition) is 1. The molecular weight excluding hydrogens is 494 g/mol. The molecule has 3 unspecified atom stereocenters. The average molecular weight is 516 g/mol. The number of fused-ring (bicyclic) bond motifs is 1. The number of thioether (sulfide) groups is 2. The highest BCUT2D eigenvalue weighted by Crippen LogP contribution is 2.46. The van der Waals surface area contributed by atoms with Crippen molar-refractivity contribution in [2.24, 2.45) is 12.5 Å². The molecule has 14 heteroatoms. The van der Waals surface area contributed by atoms with Crippen LogP contribution in [0, 0.1) is 12.3 Å². The first-order chi connectivity index (χ1) is 15.2. The number of aromatic nitrogens is 3. The number of aryl methyl sites for hydroxylation is 2. The molecule has 32 heavy (non-hydrogen) atoms. The molecule has 0 aliphatic carbocycles. The minimum absolute atomic E-state index is 0.0318. The van der Waals surface area contributed by atoms with Gasteiger partial charge in [-0.1, -0.05) is 11.3 Å². The van der Waals surface area contributed by atoms with Crippen LogP contribution in [0.3, 0.4) is 0 Å². The van der Waals surface area contributed by atoms with Crippen LogP contribution in [0.25, 0.3) is 0 Å². The fourth-order valence-corrected chi connectivity index (χ4v) is 8.91. The Labute approximate surface area is 199 Å². The number of thiophene rings is 1. The Morgan fingerprint density at radius 3 is 2.78 bits per heavy atom. The SMILES string of the molecule is CC(=O)N(C1C(=O)N2CC(CSc3c(C)nnn3C)(C(=O)O)CS[C@H]12)S(=O)c1cccs1. The first-order valence-corrected chi connectivity index (χ1v) is 13.6. The third kappa shape index (κ3) is 3.86. The first-order valence-electron chi connectivity index (χ1n) is 9.56. The summed E-state index contributed by atoms with van der Waals surface area (Å²) < 4.78 is 16.2. The van der Waals surface area contributed by atoms with Crippen molar-refractivity contribution in [3.8, 4) is 0 Å². The molecule has 4 atom stereocenters. The zero-order chi connectivity index (χ0) is 23.2. The summed E-state index contributed by atoms with van der Waals surface area (Å²) >= 11 is 3.92. The lowest BCUT2D eigenvalue weighted by atomic mass is 9.89. The van der Waals surface area contributed by atoms with Gasteiger partial charge in [0.1, 0.15) is 20.0 Å². The maximum Gasteiger partial charge on any atom is 0.313 e. The third-order valence-corrected chi connectivity index (χ3v) is 11.2. The maximum atomic E-state index is 13.0. The minimum Gasteiger partial charge on any atom is -0.481 e. The molecule has 2 aromatic rings. The van der Waals surface area contributed by atoms with Gasteiger partial charge in [-0.3, -0.25) is 14.4 Å². The molecule has 1 N–H and O–H groups in total. The Kier molecular flexibility index (Phi) is 6.40. The maximum absolute atomic E-state index is 13.0. The number of carboxylic acids is 1. The average Bonchev–Trinajstić information content (AvgIpc) is 3.40. The summed E-state index contributed by atoms with van der Waals surface area (Å²) in [5, 5.41) is 20.1. The van der Waals surface area contributed by atoms with Crippen LogP contribution >= 0.6 is 34.9 Å². The molecule has 2 fully saturated rings. The molecule has 10 nitrogen and oxygen atoms in total. The van der Waals surface area contributed by atoms with Gasteiger partial charge in [-0.15, -0.1) is 40.0 Å². The largest absolute Gasteiger partial charge is 0.481 e. The van der Waals surface area contributed by atoms with E-state index in [1.54, 1.807) is 29.2 Å². The molecule has 172 valence electrons. The van der Waals surface area contributed by atoms with Gasteiger partial charge in [0.05, 0.1) is 5.69 Å². The topological polar surface area (TPSA) is 126 Å². The van der Waals surface area contributed by atoms with Crippen molar-refractivity contribution < 1.29 is 23.7 Å². The number of aliphatic carboxylic acids is 1. The van der Waals surface area contributed by atoms with E-state index in [-0.39, 0.29) is 24.0 Å². The Morgan fingerprint density at radius 2 is 2.22 bits per heavy atom. The van der Waals surface area contributed by atoms with Crippen LogP contribution in [0.5, 0.6) is 0 Å². The Hall–Kier alpha value is -1.90. The molecule has 0 radical (unpaired) electrons. The summed E-state index contributed by atoms with van der Waals surface area (Å²) in [5.74, 6) is -1.31. The van der Waals surface area contributed by atoms with Gasteiger partial charge in [0.2, 0.25) is 5.91 Å². The zero-order valence-corrected chi connectivity index (χ0v) is 20.7. The molecule has 4 rings (SSSR count). The summed E-state index contributed by atoms with van der Waals surface area (Å²) in [6.07, 6.45) is 0. The number of carbonyl (C=O) groups is 3. The molecule has 2 aliphatic rings. The quantitative estimate of drug-likeness (QED) is 0.428. The highest BCUT2D eigenvalue weighted by atomic mass is 32.2. The molecule has 2 aromatic heterocycles. The Bertz CT molecular complexity index is 1070. The first kappa shape index (κ1) is 23.3. The molecule has 2 amide bonds. The van der Waals surface area contributed by atoms with E-state index < -0.39 is 39.7 Å². The second-order valence-electron chi connectivity index (χ2n) is 7.62. The van der Waals surface area contributed by atoms with E-state index >= 15 is 0 Å². The van der Waals surface area contributed by atoms with Crippen LogP contribution in [0.2, 0.25) is 0 Å². The van der Waals surface area contributed by atoms with Crippen molar-refractivity contribution in [1.29, 1.82) is 0 Å². The summed E-state index contributed by atoms with van der Waals surface area (Å²) in [4.78, 5) is 39.1. The summed E-state index contributed by atoms with van der Waals surface area (Å²) in [7, 11) is -0.0423. The number of carboxylic acid groups (broad SMARTS) is 1. The number of carbonyl (C=O) groups excluding carboxylic acids is 2. The van der Waals surface area contributed by atoms with Gasteiger partial charge < -0.3 is 10.0 Å². The molecule has 0 spiro atoms. The lowest BCUT2D eigenvalue weighted by Gasteiger charge is -2.55. The van der Waals surface area contributed by atoms with E-state index in [1.807, 2.05) is 6.92 Å². The van der Waals surface area contributed by atoms with Crippen LogP contribution in [0.4, 0.5) is 0 Å². The lowest BCUT2D eigenvalue weighted by molar-refractivity contribution is -0.161. The highest BCUT2D eigenvalue weighted by Gasteiger charge is 2.60. The van der Waals surface area contributed by atoms with Gasteiger partial charge in [-0.05, 0) is 18.4 Å². The third-order valence-electron chi connectivity index (χ3n) is 5.40. The molecular formula is C18H21N5O5S4. The normalized spacial score (nSPS) is 25.7. The van der Waals surface area contributed by atoms with Gasteiger partial charge in [0.15, 0.2) is 17.0 Å². The van der Waals surface area contributed by atoms with Crippen molar-refractivity contribution in [1.82, 2.24) is 24.2 Å². The monoisotopic (exact) mass is 515 g/mol. The van der Waals surface area contributed by atoms with Crippen LogP contribution in [0.15, 0.2) is 26.7 Å². The summed E-state index contributed by atoms with van der Waals surface area (Å²) in [6.45, 7) is 3.13. The van der Waals surface area contributed by atoms with Gasteiger partial charge >= 0.3 is 5.97 Å². The van der Waals surface area contributed by atoms with Crippen LogP contribution in [-0.2, 0) is 32.4 Å². The Balaban J connectivity index is 1.52. The van der Waals surface area contributed by atoms with E-state index in [9.17, 15) is 23.7 Å². The fraction of sp³-hybridized carbons (Fsp3) is 0.500. The molecule has 4 heterocycles. The van der Waals surface area contributed by atoms with E-state index in [0.29, 0.717) is 9.90 Å². The lowest BCUT2D eigenvalue weighted by Crippen LogP contribution is -2.74. The van der Waals surface area contributed by atoms with Crippen molar-refractivity contribution in [3.05, 3.63) is 23.2 Å². The number of nitrogens with zero attached hydrogens (tertiary/aromatic N) is 5. The van der Waals surface area contributed by atoms with Gasteiger partial charge in [0.25, 0.3) is 5.91 Å². The van der Waals surface area contributed by atoms with E-state index in [4.69, 9.17) is 0 Å². The predicted molar refractivity (Wildman–Crippen MR) is 122 cm³/mol. The van der Waals surface area contributed by atoms with E-state index in [1.165, 1.54) is 46.7 Å². The Morgan fingerprint density at radius 1 is 1.47 bits per heavy atom. The van der Waals surface area contributed by atoms with Crippen LogP contribution in [-0.4, -0.2) is 80.8 Å². The molecule has 0 saturated carbocycles.